The van der Waals surface area contributed by atoms with Crippen molar-refractivity contribution in [3.05, 3.63) is 33.9 Å². The molecule has 2 rings (SSSR count). The second kappa shape index (κ2) is 5.78. The number of hydrogen-bond acceptors (Lipinski definition) is 5. The van der Waals surface area contributed by atoms with Crippen LogP contribution in [0, 0.1) is 10.1 Å². The van der Waals surface area contributed by atoms with Crippen molar-refractivity contribution in [1.29, 1.82) is 0 Å². The summed E-state index contributed by atoms with van der Waals surface area (Å²) >= 11 is 0. The number of amides is 2. The number of nitro groups is 1. The number of nitrogen functional groups attached to an aromatic ring is 1. The van der Waals surface area contributed by atoms with Crippen molar-refractivity contribution in [2.75, 3.05) is 25.4 Å². The zero-order valence-electron chi connectivity index (χ0n) is 11.6. The van der Waals surface area contributed by atoms with Gasteiger partial charge in [0.25, 0.3) is 5.69 Å². The van der Waals surface area contributed by atoms with Crippen LogP contribution in [0.25, 0.3) is 0 Å². The number of nitrogens with zero attached hydrogens (tertiary/aromatic N) is 3. The third kappa shape index (κ3) is 2.93. The van der Waals surface area contributed by atoms with Crippen LogP contribution < -0.4 is 5.73 Å². The van der Waals surface area contributed by atoms with Crippen LogP contribution >= 0.6 is 0 Å². The quantitative estimate of drug-likeness (QED) is 0.373. The molecular weight excluding hydrogens is 276 g/mol. The van der Waals surface area contributed by atoms with Gasteiger partial charge in [0.2, 0.25) is 0 Å². The van der Waals surface area contributed by atoms with E-state index < -0.39 is 16.7 Å². The fourth-order valence-electron chi connectivity index (χ4n) is 2.22. The van der Waals surface area contributed by atoms with Gasteiger partial charge in [-0.3, -0.25) is 19.7 Å². The van der Waals surface area contributed by atoms with Gasteiger partial charge in [-0.15, -0.1) is 0 Å². The lowest BCUT2D eigenvalue weighted by atomic mass is 10.1. The van der Waals surface area contributed by atoms with E-state index in [1.165, 1.54) is 28.0 Å². The smallest absolute Gasteiger partial charge is 0.312 e. The molecule has 0 aromatic heterocycles. The summed E-state index contributed by atoms with van der Waals surface area (Å²) in [6.45, 7) is 3.23. The van der Waals surface area contributed by atoms with Gasteiger partial charge in [-0.1, -0.05) is 0 Å². The molecule has 8 heteroatoms. The molecular formula is C13H16N4O4. The minimum atomic E-state index is -0.603. The Kier molecular flexibility index (Phi) is 4.06. The molecule has 1 fully saturated rings. The van der Waals surface area contributed by atoms with Gasteiger partial charge >= 0.3 is 11.8 Å². The molecule has 0 unspecified atom stereocenters. The van der Waals surface area contributed by atoms with Crippen molar-refractivity contribution < 1.29 is 14.5 Å². The molecule has 2 N–H and O–H groups in total. The van der Waals surface area contributed by atoms with Crippen molar-refractivity contribution in [1.82, 2.24) is 9.80 Å². The predicted octanol–water partition coefficient (Wildman–Crippen LogP) is 0.368. The predicted molar refractivity (Wildman–Crippen MR) is 75.2 cm³/mol. The molecule has 21 heavy (non-hydrogen) atoms. The number of nitro benzene ring substituents is 1. The lowest BCUT2D eigenvalue weighted by Crippen LogP contribution is -2.53. The lowest BCUT2D eigenvalue weighted by molar-refractivity contribution is -0.384. The van der Waals surface area contributed by atoms with Crippen LogP contribution in [0.5, 0.6) is 0 Å². The molecule has 0 saturated carbocycles. The second-order valence-corrected chi connectivity index (χ2v) is 4.75. The van der Waals surface area contributed by atoms with Crippen molar-refractivity contribution in [3.63, 3.8) is 0 Å². The van der Waals surface area contributed by atoms with Crippen LogP contribution in [0.3, 0.4) is 0 Å². The van der Waals surface area contributed by atoms with Gasteiger partial charge in [-0.25, -0.2) is 0 Å². The average Bonchev–Trinajstić information content (AvgIpc) is 2.46. The number of likely N-dealkylation sites (N-methyl/N-ethyl adjacent to an activating group) is 1. The fraction of sp³-hybridized carbons (Fsp3) is 0.385. The van der Waals surface area contributed by atoms with Crippen LogP contribution in [0.2, 0.25) is 0 Å². The van der Waals surface area contributed by atoms with Gasteiger partial charge < -0.3 is 15.5 Å². The number of benzene rings is 1. The number of carbonyl (C=O) groups is 2. The highest BCUT2D eigenvalue weighted by Crippen LogP contribution is 2.22. The molecule has 1 aromatic carbocycles. The summed E-state index contributed by atoms with van der Waals surface area (Å²) in [7, 11) is 0. The first-order valence-corrected chi connectivity index (χ1v) is 6.55. The number of piperazine rings is 1. The van der Waals surface area contributed by atoms with Crippen LogP contribution in [0.4, 0.5) is 11.4 Å². The highest BCUT2D eigenvalue weighted by atomic mass is 16.6. The normalized spacial score (nSPS) is 15.5. The van der Waals surface area contributed by atoms with Crippen LogP contribution in [-0.4, -0.2) is 46.2 Å². The van der Waals surface area contributed by atoms with E-state index in [4.69, 9.17) is 5.73 Å². The topological polar surface area (TPSA) is 110 Å². The molecule has 1 saturated heterocycles. The van der Waals surface area contributed by atoms with E-state index in [9.17, 15) is 19.7 Å². The maximum absolute atomic E-state index is 12.0. The van der Waals surface area contributed by atoms with Gasteiger partial charge in [0.05, 0.1) is 4.92 Å². The van der Waals surface area contributed by atoms with Gasteiger partial charge in [-0.2, -0.15) is 0 Å². The zero-order chi connectivity index (χ0) is 15.6. The number of carbonyl (C=O) groups excluding carboxylic acids is 2. The molecule has 0 spiro atoms. The van der Waals surface area contributed by atoms with E-state index in [0.717, 1.165) is 0 Å². The SMILES string of the molecule is CCN1CCN(Cc2cc([N+](=O)[O-])ccc2N)C(=O)C1=O. The Hall–Kier alpha value is -2.64. The summed E-state index contributed by atoms with van der Waals surface area (Å²) in [5.74, 6) is -1.15. The van der Waals surface area contributed by atoms with E-state index in [0.29, 0.717) is 30.9 Å². The third-order valence-electron chi connectivity index (χ3n) is 3.48. The molecule has 8 nitrogen and oxygen atoms in total. The number of non-ortho nitro benzene ring substituents is 1. The molecule has 2 amide bonds. The molecule has 0 atom stereocenters. The molecule has 0 radical (unpaired) electrons. The summed E-state index contributed by atoms with van der Waals surface area (Å²) in [6, 6.07) is 4.07. The zero-order valence-corrected chi connectivity index (χ0v) is 11.6. The molecule has 1 aliphatic heterocycles. The minimum absolute atomic E-state index is 0.0924. The van der Waals surface area contributed by atoms with Crippen molar-refractivity contribution in [2.45, 2.75) is 13.5 Å². The Morgan fingerprint density at radius 2 is 1.86 bits per heavy atom. The van der Waals surface area contributed by atoms with Gasteiger partial charge in [-0.05, 0) is 13.0 Å². The third-order valence-corrected chi connectivity index (χ3v) is 3.48. The fourth-order valence-corrected chi connectivity index (χ4v) is 2.22. The summed E-state index contributed by atoms with van der Waals surface area (Å²) in [4.78, 5) is 36.9. The first-order valence-electron chi connectivity index (χ1n) is 6.55. The number of nitrogens with two attached hydrogens (primary N) is 1. The Morgan fingerprint density at radius 1 is 1.24 bits per heavy atom. The number of rotatable bonds is 4. The number of anilines is 1. The van der Waals surface area contributed by atoms with Crippen LogP contribution in [0.1, 0.15) is 12.5 Å². The van der Waals surface area contributed by atoms with E-state index >= 15 is 0 Å². The van der Waals surface area contributed by atoms with E-state index in [1.54, 1.807) is 6.92 Å². The van der Waals surface area contributed by atoms with Crippen molar-refractivity contribution >= 4 is 23.2 Å². The Labute approximate surface area is 121 Å². The molecule has 0 aliphatic carbocycles. The Morgan fingerprint density at radius 3 is 2.48 bits per heavy atom. The molecule has 0 bridgehead atoms. The summed E-state index contributed by atoms with van der Waals surface area (Å²) in [5.41, 5.74) is 6.52. The molecule has 1 aromatic rings. The standard InChI is InChI=1S/C13H16N4O4/c1-2-15-5-6-16(13(19)12(15)18)8-9-7-10(17(20)21)3-4-11(9)14/h3-4,7H,2,5-6,8,14H2,1H3. The maximum Gasteiger partial charge on any atom is 0.312 e. The van der Waals surface area contributed by atoms with E-state index in [2.05, 4.69) is 0 Å². The molecule has 1 aliphatic rings. The van der Waals surface area contributed by atoms with Crippen molar-refractivity contribution in [3.8, 4) is 0 Å². The monoisotopic (exact) mass is 292 g/mol. The van der Waals surface area contributed by atoms with Gasteiger partial charge in [0.1, 0.15) is 0 Å². The van der Waals surface area contributed by atoms with Gasteiger partial charge in [0, 0.05) is 49.6 Å². The summed E-state index contributed by atoms with van der Waals surface area (Å²) in [6.07, 6.45) is 0. The van der Waals surface area contributed by atoms with E-state index in [1.807, 2.05) is 0 Å². The Balaban J connectivity index is 2.19. The first-order chi connectivity index (χ1) is 9.93. The largest absolute Gasteiger partial charge is 0.398 e. The highest BCUT2D eigenvalue weighted by molar-refractivity contribution is 6.35. The number of hydrogen-bond donors (Lipinski definition) is 1. The van der Waals surface area contributed by atoms with Gasteiger partial charge in [0.15, 0.2) is 0 Å². The highest BCUT2D eigenvalue weighted by Gasteiger charge is 2.31. The first kappa shape index (κ1) is 14.8. The molecule has 112 valence electrons. The van der Waals surface area contributed by atoms with Crippen LogP contribution in [-0.2, 0) is 16.1 Å². The average molecular weight is 292 g/mol. The second-order valence-electron chi connectivity index (χ2n) is 4.75. The van der Waals surface area contributed by atoms with Crippen molar-refractivity contribution in [2.24, 2.45) is 0 Å². The molecule has 1 heterocycles. The van der Waals surface area contributed by atoms with E-state index in [-0.39, 0.29) is 12.2 Å². The minimum Gasteiger partial charge on any atom is -0.398 e. The lowest BCUT2D eigenvalue weighted by Gasteiger charge is -2.33. The maximum atomic E-state index is 12.0. The van der Waals surface area contributed by atoms with Crippen LogP contribution in [0.15, 0.2) is 18.2 Å². The Bertz CT molecular complexity index is 602. The summed E-state index contributed by atoms with van der Waals surface area (Å²) < 4.78 is 0. The summed E-state index contributed by atoms with van der Waals surface area (Å²) in [5, 5.41) is 10.8.